The van der Waals surface area contributed by atoms with E-state index in [-0.39, 0.29) is 0 Å². The summed E-state index contributed by atoms with van der Waals surface area (Å²) < 4.78 is 5.33. The van der Waals surface area contributed by atoms with E-state index in [4.69, 9.17) is 4.42 Å². The van der Waals surface area contributed by atoms with Crippen molar-refractivity contribution in [2.24, 2.45) is 0 Å². The molecule has 0 atom stereocenters. The summed E-state index contributed by atoms with van der Waals surface area (Å²) >= 11 is 0. The number of nitrogens with zero attached hydrogens (tertiary/aromatic N) is 2. The highest BCUT2D eigenvalue weighted by molar-refractivity contribution is 5.47. The maximum atomic E-state index is 5.33. The molecule has 0 bridgehead atoms. The minimum atomic E-state index is 0.452. The number of rotatable bonds is 4. The first-order valence-electron chi connectivity index (χ1n) is 6.19. The summed E-state index contributed by atoms with van der Waals surface area (Å²) in [5.41, 5.74) is 3.17. The lowest BCUT2D eigenvalue weighted by Crippen LogP contribution is -2.23. The highest BCUT2D eigenvalue weighted by Gasteiger charge is 2.11. The lowest BCUT2D eigenvalue weighted by atomic mass is 10.1. The molecule has 2 rings (SSSR count). The first-order chi connectivity index (χ1) is 8.58. The summed E-state index contributed by atoms with van der Waals surface area (Å²) in [5, 5.41) is 3.39. The molecule has 0 aromatic carbocycles. The predicted molar refractivity (Wildman–Crippen MR) is 71.2 cm³/mol. The van der Waals surface area contributed by atoms with Gasteiger partial charge in [0.1, 0.15) is 0 Å². The lowest BCUT2D eigenvalue weighted by Gasteiger charge is -2.12. The van der Waals surface area contributed by atoms with Crippen LogP contribution in [0.1, 0.15) is 30.8 Å². The Morgan fingerprint density at radius 1 is 1.22 bits per heavy atom. The second kappa shape index (κ2) is 5.31. The van der Waals surface area contributed by atoms with Crippen LogP contribution in [-0.2, 0) is 6.54 Å². The molecule has 0 fully saturated rings. The zero-order chi connectivity index (χ0) is 13.1. The minimum absolute atomic E-state index is 0.452. The Labute approximate surface area is 107 Å². The number of nitrogens with one attached hydrogen (secondary N) is 1. The SMILES string of the molecule is Cc1nc(-c2ccco2)nc(C)c1CNC(C)C. The third kappa shape index (κ3) is 2.76. The van der Waals surface area contributed by atoms with Crippen LogP contribution in [-0.4, -0.2) is 16.0 Å². The molecule has 0 radical (unpaired) electrons. The predicted octanol–water partition coefficient (Wildman–Crippen LogP) is 2.85. The molecule has 4 heteroatoms. The van der Waals surface area contributed by atoms with Gasteiger partial charge in [-0.2, -0.15) is 0 Å². The largest absolute Gasteiger partial charge is 0.461 e. The number of aromatic nitrogens is 2. The molecule has 18 heavy (non-hydrogen) atoms. The van der Waals surface area contributed by atoms with E-state index >= 15 is 0 Å². The average Bonchev–Trinajstić information content (AvgIpc) is 2.80. The van der Waals surface area contributed by atoms with Crippen molar-refractivity contribution in [3.8, 4) is 11.6 Å². The second-order valence-corrected chi connectivity index (χ2v) is 4.71. The fraction of sp³-hybridized carbons (Fsp3) is 0.429. The summed E-state index contributed by atoms with van der Waals surface area (Å²) in [6.45, 7) is 9.08. The summed E-state index contributed by atoms with van der Waals surface area (Å²) in [4.78, 5) is 9.02. The van der Waals surface area contributed by atoms with Crippen LogP contribution >= 0.6 is 0 Å². The van der Waals surface area contributed by atoms with E-state index in [2.05, 4.69) is 29.1 Å². The minimum Gasteiger partial charge on any atom is -0.461 e. The van der Waals surface area contributed by atoms with Crippen molar-refractivity contribution in [3.05, 3.63) is 35.3 Å². The summed E-state index contributed by atoms with van der Waals surface area (Å²) in [7, 11) is 0. The van der Waals surface area contributed by atoms with Crippen molar-refractivity contribution in [3.63, 3.8) is 0 Å². The molecule has 2 heterocycles. The first kappa shape index (κ1) is 12.8. The van der Waals surface area contributed by atoms with Gasteiger partial charge in [0.15, 0.2) is 11.6 Å². The van der Waals surface area contributed by atoms with E-state index in [0.29, 0.717) is 17.6 Å². The molecule has 0 aliphatic heterocycles. The van der Waals surface area contributed by atoms with Crippen molar-refractivity contribution in [1.29, 1.82) is 0 Å². The van der Waals surface area contributed by atoms with E-state index < -0.39 is 0 Å². The Hall–Kier alpha value is -1.68. The van der Waals surface area contributed by atoms with Crippen molar-refractivity contribution in [2.45, 2.75) is 40.3 Å². The maximum Gasteiger partial charge on any atom is 0.196 e. The third-order valence-corrected chi connectivity index (χ3v) is 2.85. The number of hydrogen-bond donors (Lipinski definition) is 1. The van der Waals surface area contributed by atoms with E-state index in [1.165, 1.54) is 5.56 Å². The van der Waals surface area contributed by atoms with Gasteiger partial charge in [0, 0.05) is 29.5 Å². The standard InChI is InChI=1S/C14H19N3O/c1-9(2)15-8-12-10(3)16-14(17-11(12)4)13-6-5-7-18-13/h5-7,9,15H,8H2,1-4H3. The Bertz CT molecular complexity index is 495. The zero-order valence-electron chi connectivity index (χ0n) is 11.3. The molecule has 0 amide bonds. The molecule has 2 aromatic rings. The fourth-order valence-corrected chi connectivity index (χ4v) is 1.82. The Balaban J connectivity index is 2.29. The molecule has 0 saturated heterocycles. The van der Waals surface area contributed by atoms with Gasteiger partial charge < -0.3 is 9.73 Å². The van der Waals surface area contributed by atoms with Gasteiger partial charge in [-0.15, -0.1) is 0 Å². The monoisotopic (exact) mass is 245 g/mol. The van der Waals surface area contributed by atoms with Crippen molar-refractivity contribution in [1.82, 2.24) is 15.3 Å². The average molecular weight is 245 g/mol. The van der Waals surface area contributed by atoms with Crippen LogP contribution in [0.5, 0.6) is 0 Å². The van der Waals surface area contributed by atoms with Crippen LogP contribution in [0.15, 0.2) is 22.8 Å². The van der Waals surface area contributed by atoms with Crippen LogP contribution in [0.2, 0.25) is 0 Å². The number of furan rings is 1. The van der Waals surface area contributed by atoms with Crippen LogP contribution < -0.4 is 5.32 Å². The van der Waals surface area contributed by atoms with Crippen LogP contribution in [0.3, 0.4) is 0 Å². The quantitative estimate of drug-likeness (QED) is 0.900. The Morgan fingerprint density at radius 3 is 2.39 bits per heavy atom. The molecule has 0 aliphatic rings. The summed E-state index contributed by atoms with van der Waals surface area (Å²) in [6.07, 6.45) is 1.64. The summed E-state index contributed by atoms with van der Waals surface area (Å²) in [5.74, 6) is 1.37. The van der Waals surface area contributed by atoms with Gasteiger partial charge in [0.2, 0.25) is 0 Å². The molecule has 1 N–H and O–H groups in total. The van der Waals surface area contributed by atoms with E-state index in [1.807, 2.05) is 26.0 Å². The second-order valence-electron chi connectivity index (χ2n) is 4.71. The van der Waals surface area contributed by atoms with Gasteiger partial charge in [-0.3, -0.25) is 0 Å². The Kier molecular flexibility index (Phi) is 3.77. The molecular weight excluding hydrogens is 226 g/mol. The van der Waals surface area contributed by atoms with Crippen molar-refractivity contribution in [2.75, 3.05) is 0 Å². The maximum absolute atomic E-state index is 5.33. The molecule has 96 valence electrons. The van der Waals surface area contributed by atoms with E-state index in [0.717, 1.165) is 17.9 Å². The topological polar surface area (TPSA) is 51.0 Å². The van der Waals surface area contributed by atoms with Crippen molar-refractivity contribution < 1.29 is 4.42 Å². The van der Waals surface area contributed by atoms with Gasteiger partial charge in [-0.05, 0) is 26.0 Å². The zero-order valence-corrected chi connectivity index (χ0v) is 11.3. The van der Waals surface area contributed by atoms with Crippen LogP contribution in [0.4, 0.5) is 0 Å². The first-order valence-corrected chi connectivity index (χ1v) is 6.19. The highest BCUT2D eigenvalue weighted by Crippen LogP contribution is 2.19. The molecule has 0 saturated carbocycles. The van der Waals surface area contributed by atoms with Crippen LogP contribution in [0.25, 0.3) is 11.6 Å². The smallest absolute Gasteiger partial charge is 0.196 e. The van der Waals surface area contributed by atoms with E-state index in [1.54, 1.807) is 6.26 Å². The highest BCUT2D eigenvalue weighted by atomic mass is 16.3. The van der Waals surface area contributed by atoms with Crippen molar-refractivity contribution >= 4 is 0 Å². The summed E-state index contributed by atoms with van der Waals surface area (Å²) in [6, 6.07) is 4.17. The van der Waals surface area contributed by atoms with Gasteiger partial charge >= 0.3 is 0 Å². The van der Waals surface area contributed by atoms with Gasteiger partial charge in [0.25, 0.3) is 0 Å². The molecule has 2 aromatic heterocycles. The van der Waals surface area contributed by atoms with Crippen LogP contribution in [0, 0.1) is 13.8 Å². The Morgan fingerprint density at radius 2 is 1.89 bits per heavy atom. The van der Waals surface area contributed by atoms with Gasteiger partial charge in [-0.1, -0.05) is 13.8 Å². The molecule has 0 unspecified atom stereocenters. The van der Waals surface area contributed by atoms with E-state index in [9.17, 15) is 0 Å². The molecular formula is C14H19N3O. The normalized spacial score (nSPS) is 11.2. The van der Waals surface area contributed by atoms with Gasteiger partial charge in [-0.25, -0.2) is 9.97 Å². The van der Waals surface area contributed by atoms with Gasteiger partial charge in [0.05, 0.1) is 6.26 Å². The molecule has 0 aliphatic carbocycles. The molecule has 4 nitrogen and oxygen atoms in total. The number of hydrogen-bond acceptors (Lipinski definition) is 4. The number of aryl methyl sites for hydroxylation is 2. The fourth-order valence-electron chi connectivity index (χ4n) is 1.82. The molecule has 0 spiro atoms. The third-order valence-electron chi connectivity index (χ3n) is 2.85. The lowest BCUT2D eigenvalue weighted by molar-refractivity contribution is 0.572.